The van der Waals surface area contributed by atoms with Gasteiger partial charge in [0.2, 0.25) is 17.7 Å². The van der Waals surface area contributed by atoms with E-state index < -0.39 is 47.9 Å². The van der Waals surface area contributed by atoms with Gasteiger partial charge in [-0.15, -0.1) is 0 Å². The maximum atomic E-state index is 13.3. The third-order valence-corrected chi connectivity index (χ3v) is 7.00. The van der Waals surface area contributed by atoms with E-state index in [4.69, 9.17) is 11.5 Å². The summed E-state index contributed by atoms with van der Waals surface area (Å²) in [7, 11) is 0. The summed E-state index contributed by atoms with van der Waals surface area (Å²) in [4.78, 5) is 51.3. The van der Waals surface area contributed by atoms with Crippen LogP contribution in [0.2, 0.25) is 0 Å². The van der Waals surface area contributed by atoms with Crippen molar-refractivity contribution in [2.24, 2.45) is 11.5 Å². The molecule has 2 rings (SSSR count). The molecule has 3 amide bonds. The molecule has 0 saturated carbocycles. The van der Waals surface area contributed by atoms with Gasteiger partial charge in [-0.3, -0.25) is 14.4 Å². The van der Waals surface area contributed by atoms with Crippen LogP contribution in [0.25, 0.3) is 0 Å². The highest BCUT2D eigenvalue weighted by Crippen LogP contribution is 2.09. The van der Waals surface area contributed by atoms with E-state index in [1.165, 1.54) is 11.8 Å². The number of benzene rings is 2. The largest absolute Gasteiger partial charge is 0.480 e. The Kier molecular flexibility index (Phi) is 14.8. The first-order chi connectivity index (χ1) is 19.2. The molecule has 0 aliphatic rings. The van der Waals surface area contributed by atoms with Gasteiger partial charge >= 0.3 is 5.97 Å². The first-order valence-electron chi connectivity index (χ1n) is 13.4. The number of aliphatic carboxylic acids is 1. The molecule has 0 bridgehead atoms. The van der Waals surface area contributed by atoms with Crippen LogP contribution in [0, 0.1) is 0 Å². The summed E-state index contributed by atoms with van der Waals surface area (Å²) >= 11 is 1.50. The molecular formula is C29H41N5O5S. The van der Waals surface area contributed by atoms with Crippen molar-refractivity contribution in [3.05, 3.63) is 71.8 Å². The van der Waals surface area contributed by atoms with Crippen molar-refractivity contribution in [3.63, 3.8) is 0 Å². The van der Waals surface area contributed by atoms with E-state index in [1.54, 1.807) is 24.3 Å². The van der Waals surface area contributed by atoms with Crippen molar-refractivity contribution in [3.8, 4) is 0 Å². The molecule has 0 aromatic heterocycles. The first-order valence-corrected chi connectivity index (χ1v) is 14.8. The number of carbonyl (C=O) groups excluding carboxylic acids is 3. The number of hydrogen-bond donors (Lipinski definition) is 6. The summed E-state index contributed by atoms with van der Waals surface area (Å²) in [5.74, 6) is -2.23. The number of hydrogen-bond acceptors (Lipinski definition) is 7. The first kappa shape index (κ1) is 32.8. The Morgan fingerprint density at radius 1 is 0.750 bits per heavy atom. The molecule has 4 atom stereocenters. The second-order valence-electron chi connectivity index (χ2n) is 9.57. The Labute approximate surface area is 240 Å². The number of carboxylic acids is 1. The molecule has 0 radical (unpaired) electrons. The van der Waals surface area contributed by atoms with E-state index in [9.17, 15) is 24.3 Å². The lowest BCUT2D eigenvalue weighted by Crippen LogP contribution is -2.57. The minimum atomic E-state index is -1.17. The van der Waals surface area contributed by atoms with Gasteiger partial charge in [0, 0.05) is 6.42 Å². The van der Waals surface area contributed by atoms with Crippen molar-refractivity contribution in [2.45, 2.75) is 62.7 Å². The monoisotopic (exact) mass is 571 g/mol. The standard InChI is InChI=1S/C29H41N5O5S/c1-40-17-15-24(28(37)34-25(29(38)39)19-21-12-6-3-7-13-21)33-27(36)23(14-8-9-16-30)32-26(35)22(31)18-20-10-4-2-5-11-20/h2-7,10-13,22-25H,8-9,14-19,30-31H2,1H3,(H,32,35)(H,33,36)(H,34,37)(H,38,39). The number of nitrogens with one attached hydrogen (secondary N) is 3. The number of amides is 3. The van der Waals surface area contributed by atoms with Crippen molar-refractivity contribution in [1.29, 1.82) is 0 Å². The zero-order chi connectivity index (χ0) is 29.3. The normalized spacial score (nSPS) is 13.9. The van der Waals surface area contributed by atoms with Crippen LogP contribution in [0.3, 0.4) is 0 Å². The second-order valence-corrected chi connectivity index (χ2v) is 10.6. The van der Waals surface area contributed by atoms with Gasteiger partial charge < -0.3 is 32.5 Å². The van der Waals surface area contributed by atoms with Crippen molar-refractivity contribution < 1.29 is 24.3 Å². The van der Waals surface area contributed by atoms with Crippen LogP contribution >= 0.6 is 11.8 Å². The summed E-state index contributed by atoms with van der Waals surface area (Å²) in [6.07, 6.45) is 4.12. The average Bonchev–Trinajstić information content (AvgIpc) is 2.95. The molecule has 218 valence electrons. The molecule has 40 heavy (non-hydrogen) atoms. The molecular weight excluding hydrogens is 530 g/mol. The maximum Gasteiger partial charge on any atom is 0.326 e. The lowest BCUT2D eigenvalue weighted by atomic mass is 10.0. The number of carboxylic acid groups (broad SMARTS) is 1. The highest BCUT2D eigenvalue weighted by Gasteiger charge is 2.30. The maximum absolute atomic E-state index is 13.3. The summed E-state index contributed by atoms with van der Waals surface area (Å²) in [6.45, 7) is 0.437. The number of rotatable bonds is 18. The smallest absolute Gasteiger partial charge is 0.326 e. The van der Waals surface area contributed by atoms with E-state index >= 15 is 0 Å². The fourth-order valence-corrected chi connectivity index (χ4v) is 4.57. The molecule has 2 aromatic rings. The van der Waals surface area contributed by atoms with Gasteiger partial charge in [-0.05, 0) is 61.8 Å². The Bertz CT molecular complexity index is 1070. The van der Waals surface area contributed by atoms with Gasteiger partial charge in [-0.2, -0.15) is 11.8 Å². The van der Waals surface area contributed by atoms with Crippen molar-refractivity contribution in [2.75, 3.05) is 18.6 Å². The minimum Gasteiger partial charge on any atom is -0.480 e. The molecule has 11 heteroatoms. The van der Waals surface area contributed by atoms with Crippen molar-refractivity contribution >= 4 is 35.5 Å². The molecule has 8 N–H and O–H groups in total. The predicted octanol–water partition coefficient (Wildman–Crippen LogP) is 1.22. The molecule has 0 fully saturated rings. The van der Waals surface area contributed by atoms with Gasteiger partial charge in [-0.25, -0.2) is 4.79 Å². The number of nitrogens with two attached hydrogens (primary N) is 2. The van der Waals surface area contributed by atoms with Crippen LogP contribution in [0.1, 0.15) is 36.8 Å². The average molecular weight is 572 g/mol. The topological polar surface area (TPSA) is 177 Å². The van der Waals surface area contributed by atoms with Gasteiger partial charge in [0.1, 0.15) is 18.1 Å². The molecule has 0 aliphatic heterocycles. The van der Waals surface area contributed by atoms with E-state index in [0.29, 0.717) is 38.0 Å². The molecule has 10 nitrogen and oxygen atoms in total. The Balaban J connectivity index is 2.11. The zero-order valence-corrected chi connectivity index (χ0v) is 23.7. The zero-order valence-electron chi connectivity index (χ0n) is 22.9. The van der Waals surface area contributed by atoms with Crippen LogP contribution in [0.4, 0.5) is 0 Å². The van der Waals surface area contributed by atoms with Crippen molar-refractivity contribution in [1.82, 2.24) is 16.0 Å². The Hall–Kier alpha value is -3.41. The molecule has 0 saturated heterocycles. The van der Waals surface area contributed by atoms with Crippen LogP contribution in [0.5, 0.6) is 0 Å². The summed E-state index contributed by atoms with van der Waals surface area (Å²) in [5.41, 5.74) is 13.4. The fourth-order valence-electron chi connectivity index (χ4n) is 4.10. The second kappa shape index (κ2) is 18.0. The highest BCUT2D eigenvalue weighted by atomic mass is 32.2. The quantitative estimate of drug-likeness (QED) is 0.145. The molecule has 0 aliphatic carbocycles. The third-order valence-electron chi connectivity index (χ3n) is 6.36. The lowest BCUT2D eigenvalue weighted by molar-refractivity contribution is -0.142. The van der Waals surface area contributed by atoms with Gasteiger partial charge in [0.05, 0.1) is 6.04 Å². The number of unbranched alkanes of at least 4 members (excludes halogenated alkanes) is 1. The Morgan fingerprint density at radius 3 is 1.77 bits per heavy atom. The summed E-state index contributed by atoms with van der Waals surface area (Å²) in [6, 6.07) is 14.4. The van der Waals surface area contributed by atoms with E-state index in [1.807, 2.05) is 42.7 Å². The van der Waals surface area contributed by atoms with Gasteiger partial charge in [-0.1, -0.05) is 60.7 Å². The Morgan fingerprint density at radius 2 is 1.25 bits per heavy atom. The molecule has 2 aromatic carbocycles. The SMILES string of the molecule is CSCCC(NC(=O)C(CCCCN)NC(=O)C(N)Cc1ccccc1)C(=O)NC(Cc1ccccc1)C(=O)O. The fraction of sp³-hybridized carbons (Fsp3) is 0.448. The van der Waals surface area contributed by atoms with E-state index in [-0.39, 0.29) is 12.8 Å². The minimum absolute atomic E-state index is 0.0994. The third kappa shape index (κ3) is 11.8. The summed E-state index contributed by atoms with van der Waals surface area (Å²) < 4.78 is 0. The highest BCUT2D eigenvalue weighted by molar-refractivity contribution is 7.98. The molecule has 4 unspecified atom stereocenters. The van der Waals surface area contributed by atoms with Crippen LogP contribution in [0.15, 0.2) is 60.7 Å². The number of thioether (sulfide) groups is 1. The van der Waals surface area contributed by atoms with Gasteiger partial charge in [0.15, 0.2) is 0 Å². The lowest BCUT2D eigenvalue weighted by Gasteiger charge is -2.25. The van der Waals surface area contributed by atoms with E-state index in [0.717, 1.165) is 11.1 Å². The van der Waals surface area contributed by atoms with E-state index in [2.05, 4.69) is 16.0 Å². The van der Waals surface area contributed by atoms with Gasteiger partial charge in [0.25, 0.3) is 0 Å². The molecule has 0 heterocycles. The molecule has 0 spiro atoms. The summed E-state index contributed by atoms with van der Waals surface area (Å²) in [5, 5.41) is 17.8. The predicted molar refractivity (Wildman–Crippen MR) is 158 cm³/mol. The van der Waals surface area contributed by atoms with Crippen LogP contribution in [-0.2, 0) is 32.0 Å². The number of carbonyl (C=O) groups is 4. The van der Waals surface area contributed by atoms with Crippen LogP contribution < -0.4 is 27.4 Å². The van der Waals surface area contributed by atoms with Crippen LogP contribution in [-0.4, -0.2) is 71.5 Å².